The van der Waals surface area contributed by atoms with E-state index in [0.29, 0.717) is 22.8 Å². The van der Waals surface area contributed by atoms with Crippen LogP contribution in [0.1, 0.15) is 36.8 Å². The number of carbonyl (C=O) groups is 1. The molecule has 0 bridgehead atoms. The lowest BCUT2D eigenvalue weighted by molar-refractivity contribution is -0.129. The fourth-order valence-electron chi connectivity index (χ4n) is 4.63. The first-order chi connectivity index (χ1) is 16.2. The number of fused-ring (bicyclic) bond motifs is 3. The first kappa shape index (κ1) is 23.7. The number of hydrogen-bond acceptors (Lipinski definition) is 6. The molecule has 1 fully saturated rings. The molecule has 180 valence electrons. The Labute approximate surface area is 215 Å². The molecule has 0 aliphatic carbocycles. The average molecular weight is 618 g/mol. The van der Waals surface area contributed by atoms with E-state index >= 15 is 4.39 Å². The molecular formula is C22H22ClFIN5O3S. The lowest BCUT2D eigenvalue weighted by Crippen LogP contribution is -2.27. The van der Waals surface area contributed by atoms with Gasteiger partial charge in [-0.1, -0.05) is 23.7 Å². The molecule has 2 aliphatic heterocycles. The van der Waals surface area contributed by atoms with Crippen LogP contribution in [-0.2, 0) is 21.1 Å². The minimum atomic E-state index is -3.08. The summed E-state index contributed by atoms with van der Waals surface area (Å²) in [4.78, 5) is 19.1. The Morgan fingerprint density at radius 2 is 2.09 bits per heavy atom. The zero-order valence-electron chi connectivity index (χ0n) is 18.1. The van der Waals surface area contributed by atoms with E-state index in [0.717, 1.165) is 39.6 Å². The number of benzene rings is 1. The topological polar surface area (TPSA) is 87.9 Å². The smallest absolute Gasteiger partial charge is 0.234 e. The van der Waals surface area contributed by atoms with Crippen molar-refractivity contribution in [2.75, 3.05) is 23.0 Å². The zero-order valence-corrected chi connectivity index (χ0v) is 21.8. The van der Waals surface area contributed by atoms with Crippen LogP contribution in [0, 0.1) is 5.92 Å². The molecule has 4 heterocycles. The summed E-state index contributed by atoms with van der Waals surface area (Å²) >= 11 is 7.73. The van der Waals surface area contributed by atoms with Crippen LogP contribution in [0.4, 0.5) is 15.8 Å². The predicted octanol–water partition coefficient (Wildman–Crippen LogP) is 4.44. The van der Waals surface area contributed by atoms with Crippen molar-refractivity contribution in [3.05, 3.63) is 52.9 Å². The van der Waals surface area contributed by atoms with Gasteiger partial charge in [-0.05, 0) is 37.3 Å². The van der Waals surface area contributed by atoms with Gasteiger partial charge in [0.05, 0.1) is 51.9 Å². The second-order valence-electron chi connectivity index (χ2n) is 8.69. The molecule has 8 nitrogen and oxygen atoms in total. The molecule has 5 rings (SSSR count). The minimum absolute atomic E-state index is 0.00191. The molecule has 0 saturated carbocycles. The Balaban J connectivity index is 1.31. The van der Waals surface area contributed by atoms with Gasteiger partial charge >= 0.3 is 0 Å². The molecule has 34 heavy (non-hydrogen) atoms. The molecule has 0 radical (unpaired) electrons. The van der Waals surface area contributed by atoms with E-state index in [9.17, 15) is 13.2 Å². The van der Waals surface area contributed by atoms with E-state index in [1.165, 1.54) is 0 Å². The molecule has 3 aromatic rings. The maximum absolute atomic E-state index is 15.1. The van der Waals surface area contributed by atoms with Crippen molar-refractivity contribution in [1.29, 1.82) is 0 Å². The summed E-state index contributed by atoms with van der Waals surface area (Å²) in [6.07, 6.45) is 2.44. The fourth-order valence-corrected chi connectivity index (χ4v) is 7.19. The van der Waals surface area contributed by atoms with E-state index in [4.69, 9.17) is 11.6 Å². The quantitative estimate of drug-likeness (QED) is 0.239. The third-order valence-electron chi connectivity index (χ3n) is 6.32. The van der Waals surface area contributed by atoms with Gasteiger partial charge in [-0.2, -0.15) is 5.10 Å². The Morgan fingerprint density at radius 3 is 2.79 bits per heavy atom. The van der Waals surface area contributed by atoms with Crippen LogP contribution in [0.3, 0.4) is 0 Å². The maximum Gasteiger partial charge on any atom is 0.234 e. The first-order valence-corrected chi connectivity index (χ1v) is 14.1. The van der Waals surface area contributed by atoms with Crippen molar-refractivity contribution in [2.24, 2.45) is 5.92 Å². The van der Waals surface area contributed by atoms with E-state index in [-0.39, 0.29) is 23.8 Å². The largest absolute Gasteiger partial charge is 0.339 e. The number of aromatic nitrogens is 3. The number of anilines is 2. The molecule has 2 atom stereocenters. The number of hydrogen-bond donors (Lipinski definition) is 0. The van der Waals surface area contributed by atoms with Gasteiger partial charge in [0.1, 0.15) is 0 Å². The standard InChI is InChI=1S/C22H22ClFIN5O3S/c23-19-11-20-26-12-18-17(30(20)27-19)2-1-8-28(18)16-5-3-15(4-6-16)22(24)29(25)21(31)10-14-7-9-34(32,33)13-14/h3-6,11-12,14,22H,1-2,7-10,13H2/t14-,22+/m1/s1. The Kier molecular flexibility index (Phi) is 6.44. The van der Waals surface area contributed by atoms with Crippen LogP contribution in [0.15, 0.2) is 36.5 Å². The highest BCUT2D eigenvalue weighted by atomic mass is 127. The lowest BCUT2D eigenvalue weighted by atomic mass is 10.0. The van der Waals surface area contributed by atoms with Gasteiger partial charge in [0.25, 0.3) is 0 Å². The van der Waals surface area contributed by atoms with Gasteiger partial charge in [-0.3, -0.25) is 4.79 Å². The molecular weight excluding hydrogens is 596 g/mol. The molecule has 12 heteroatoms. The third kappa shape index (κ3) is 4.61. The fraction of sp³-hybridized carbons (Fsp3) is 0.409. The van der Waals surface area contributed by atoms with Crippen molar-refractivity contribution in [1.82, 2.24) is 17.7 Å². The van der Waals surface area contributed by atoms with Crippen LogP contribution < -0.4 is 4.90 Å². The number of halogens is 3. The second kappa shape index (κ2) is 9.23. The Morgan fingerprint density at radius 1 is 1.32 bits per heavy atom. The highest BCUT2D eigenvalue weighted by Gasteiger charge is 2.32. The summed E-state index contributed by atoms with van der Waals surface area (Å²) in [6.45, 7) is 0.786. The number of amides is 1. The highest BCUT2D eigenvalue weighted by molar-refractivity contribution is 14.1. The Hall–Kier alpha value is -1.99. The summed E-state index contributed by atoms with van der Waals surface area (Å²) in [5.74, 6) is -0.552. The average Bonchev–Trinajstić information content (AvgIpc) is 3.38. The van der Waals surface area contributed by atoms with Gasteiger partial charge < -0.3 is 4.90 Å². The van der Waals surface area contributed by atoms with Crippen molar-refractivity contribution in [2.45, 2.75) is 32.0 Å². The summed E-state index contributed by atoms with van der Waals surface area (Å²) in [5.41, 5.74) is 3.89. The van der Waals surface area contributed by atoms with Crippen molar-refractivity contribution < 1.29 is 17.6 Å². The molecule has 1 amide bonds. The van der Waals surface area contributed by atoms with Crippen LogP contribution in [0.2, 0.25) is 5.15 Å². The van der Waals surface area contributed by atoms with Crippen molar-refractivity contribution in [3.63, 3.8) is 0 Å². The number of carbonyl (C=O) groups excluding carboxylic acids is 1. The van der Waals surface area contributed by atoms with Crippen LogP contribution in [-0.4, -0.2) is 50.1 Å². The van der Waals surface area contributed by atoms with Gasteiger partial charge in [-0.15, -0.1) is 0 Å². The highest BCUT2D eigenvalue weighted by Crippen LogP contribution is 2.35. The van der Waals surface area contributed by atoms with Gasteiger partial charge in [-0.25, -0.2) is 25.4 Å². The van der Waals surface area contributed by atoms with E-state index < -0.39 is 22.0 Å². The van der Waals surface area contributed by atoms with Gasteiger partial charge in [0.15, 0.2) is 20.6 Å². The summed E-state index contributed by atoms with van der Waals surface area (Å²) in [6, 6.07) is 8.72. The number of nitrogens with zero attached hydrogens (tertiary/aromatic N) is 5. The van der Waals surface area contributed by atoms with Gasteiger partial charge in [0.2, 0.25) is 12.2 Å². The molecule has 1 saturated heterocycles. The molecule has 1 aromatic carbocycles. The zero-order chi connectivity index (χ0) is 24.0. The van der Waals surface area contributed by atoms with E-state index in [1.807, 2.05) is 18.3 Å². The van der Waals surface area contributed by atoms with Crippen molar-refractivity contribution in [3.8, 4) is 0 Å². The molecule has 0 N–H and O–H groups in total. The molecule has 2 aromatic heterocycles. The van der Waals surface area contributed by atoms with E-state index in [1.54, 1.807) is 45.6 Å². The number of aryl methyl sites for hydroxylation is 1. The van der Waals surface area contributed by atoms with Crippen molar-refractivity contribution >= 4 is 67.2 Å². The van der Waals surface area contributed by atoms with E-state index in [2.05, 4.69) is 15.0 Å². The summed E-state index contributed by atoms with van der Waals surface area (Å²) < 4.78 is 41.2. The lowest BCUT2D eigenvalue weighted by Gasteiger charge is -2.31. The monoisotopic (exact) mass is 617 g/mol. The SMILES string of the molecule is O=C(C[C@H]1CCS(=O)(=O)C1)N(I)[C@H](F)c1ccc(N2CCCc3c2cnc2cc(Cl)nn32)cc1. The number of rotatable bonds is 5. The summed E-state index contributed by atoms with van der Waals surface area (Å²) in [5, 5.41) is 4.74. The molecule has 2 aliphatic rings. The molecule has 0 spiro atoms. The first-order valence-electron chi connectivity index (χ1n) is 10.9. The third-order valence-corrected chi connectivity index (χ3v) is 9.37. The normalized spacial score (nSPS) is 20.3. The number of sulfone groups is 1. The number of alkyl halides is 1. The van der Waals surface area contributed by atoms with Crippen LogP contribution in [0.5, 0.6) is 0 Å². The maximum atomic E-state index is 15.1. The molecule has 0 unspecified atom stereocenters. The second-order valence-corrected chi connectivity index (χ2v) is 12.3. The predicted molar refractivity (Wildman–Crippen MR) is 136 cm³/mol. The Bertz CT molecular complexity index is 1350. The van der Waals surface area contributed by atoms with Gasteiger partial charge in [0, 0.05) is 30.3 Å². The van der Waals surface area contributed by atoms with Crippen LogP contribution >= 0.6 is 34.5 Å². The summed E-state index contributed by atoms with van der Waals surface area (Å²) in [7, 11) is -3.08. The minimum Gasteiger partial charge on any atom is -0.339 e. The van der Waals surface area contributed by atoms with Crippen LogP contribution in [0.25, 0.3) is 5.65 Å².